The molecule has 0 spiro atoms. The number of halogens is 1. The number of thioether (sulfide) groups is 1. The second-order valence-corrected chi connectivity index (χ2v) is 9.37. The second-order valence-electron chi connectivity index (χ2n) is 6.06. The number of likely N-dealkylation sites (tertiary alicyclic amines) is 1. The largest absolute Gasteiger partial charge is 0.381 e. The van der Waals surface area contributed by atoms with Crippen LogP contribution in [0.2, 0.25) is 0 Å². The van der Waals surface area contributed by atoms with Gasteiger partial charge in [0.25, 0.3) is 0 Å². The van der Waals surface area contributed by atoms with E-state index in [1.807, 2.05) is 18.7 Å². The van der Waals surface area contributed by atoms with Crippen molar-refractivity contribution in [1.82, 2.24) is 14.5 Å². The van der Waals surface area contributed by atoms with Crippen LogP contribution in [0.4, 0.5) is 0 Å². The van der Waals surface area contributed by atoms with Gasteiger partial charge in [0.15, 0.2) is 5.96 Å². The van der Waals surface area contributed by atoms with Crippen molar-refractivity contribution in [2.45, 2.75) is 13.3 Å². The van der Waals surface area contributed by atoms with Gasteiger partial charge in [0.1, 0.15) is 0 Å². The van der Waals surface area contributed by atoms with Crippen LogP contribution in [-0.4, -0.2) is 93.8 Å². The third-order valence-electron chi connectivity index (χ3n) is 4.36. The molecule has 0 radical (unpaired) electrons. The van der Waals surface area contributed by atoms with Gasteiger partial charge in [-0.05, 0) is 13.3 Å². The van der Waals surface area contributed by atoms with Crippen LogP contribution in [0.1, 0.15) is 13.3 Å². The van der Waals surface area contributed by atoms with Crippen LogP contribution < -0.4 is 5.32 Å². The van der Waals surface area contributed by atoms with Gasteiger partial charge >= 0.3 is 0 Å². The number of aliphatic imine (C=N–C) groups is 1. The topological polar surface area (TPSA) is 74.2 Å². The summed E-state index contributed by atoms with van der Waals surface area (Å²) in [5, 5.41) is 3.21. The first-order valence-electron chi connectivity index (χ1n) is 8.65. The van der Waals surface area contributed by atoms with E-state index in [-0.39, 0.29) is 29.7 Å². The van der Waals surface area contributed by atoms with Crippen molar-refractivity contribution in [1.29, 1.82) is 0 Å². The normalized spacial score (nSPS) is 22.7. The Morgan fingerprint density at radius 2 is 2.04 bits per heavy atom. The smallest absolute Gasteiger partial charge is 0.215 e. The third kappa shape index (κ3) is 7.39. The zero-order valence-electron chi connectivity index (χ0n) is 15.1. The zero-order valence-corrected chi connectivity index (χ0v) is 19.1. The highest BCUT2D eigenvalue weighted by molar-refractivity contribution is 14.0. The maximum Gasteiger partial charge on any atom is 0.215 e. The average molecular weight is 506 g/mol. The minimum atomic E-state index is -3.17. The molecule has 1 N–H and O–H groups in total. The Kier molecular flexibility index (Phi) is 11.0. The second kappa shape index (κ2) is 11.8. The monoisotopic (exact) mass is 506 g/mol. The fourth-order valence-electron chi connectivity index (χ4n) is 3.02. The molecule has 1 atom stereocenters. The first kappa shape index (κ1) is 23.3. The van der Waals surface area contributed by atoms with Gasteiger partial charge in [-0.15, -0.1) is 24.0 Å². The summed E-state index contributed by atoms with van der Waals surface area (Å²) in [5.74, 6) is 3.22. The van der Waals surface area contributed by atoms with E-state index in [0.717, 1.165) is 50.2 Å². The molecule has 2 rings (SSSR count). The van der Waals surface area contributed by atoms with Crippen molar-refractivity contribution in [2.75, 3.05) is 70.2 Å². The number of hydrogen-bond acceptors (Lipinski definition) is 5. The minimum Gasteiger partial charge on any atom is -0.381 e. The lowest BCUT2D eigenvalue weighted by Crippen LogP contribution is -2.45. The molecule has 2 aliphatic rings. The molecular weight excluding hydrogens is 475 g/mol. The lowest BCUT2D eigenvalue weighted by atomic mass is 10.1. The molecule has 0 aliphatic carbocycles. The minimum absolute atomic E-state index is 0. The van der Waals surface area contributed by atoms with Crippen molar-refractivity contribution in [3.8, 4) is 0 Å². The number of hydrogen-bond donors (Lipinski definition) is 1. The number of sulfonamides is 1. The highest BCUT2D eigenvalue weighted by atomic mass is 127. The van der Waals surface area contributed by atoms with E-state index in [4.69, 9.17) is 4.74 Å². The molecule has 10 heteroatoms. The summed E-state index contributed by atoms with van der Waals surface area (Å²) >= 11 is 1.81. The van der Waals surface area contributed by atoms with Gasteiger partial charge in [-0.1, -0.05) is 0 Å². The van der Waals surface area contributed by atoms with Crippen molar-refractivity contribution < 1.29 is 13.2 Å². The third-order valence-corrected chi connectivity index (χ3v) is 7.18. The number of nitrogens with zero attached hydrogens (tertiary/aromatic N) is 3. The summed E-state index contributed by atoms with van der Waals surface area (Å²) in [6, 6.07) is 0. The fourth-order valence-corrected chi connectivity index (χ4v) is 5.51. The van der Waals surface area contributed by atoms with E-state index in [1.54, 1.807) is 11.4 Å². The standard InChI is InChI=1S/C15H30N4O3S2.HI/c1-3-22-13-14-4-6-18(12-14)15(16-2)17-5-11-24(20,21)19-7-9-23-10-8-19;/h14H,3-13H2,1-2H3,(H,16,17);1H. The molecule has 2 aliphatic heterocycles. The highest BCUT2D eigenvalue weighted by Crippen LogP contribution is 2.17. The fraction of sp³-hybridized carbons (Fsp3) is 0.933. The lowest BCUT2D eigenvalue weighted by molar-refractivity contribution is 0.114. The Bertz CT molecular complexity index is 513. The summed E-state index contributed by atoms with van der Waals surface area (Å²) in [7, 11) is -1.42. The summed E-state index contributed by atoms with van der Waals surface area (Å²) in [6.45, 7) is 7.05. The number of guanidine groups is 1. The Balaban J connectivity index is 0.00000312. The Morgan fingerprint density at radius 1 is 1.32 bits per heavy atom. The zero-order chi connectivity index (χ0) is 17.4. The molecule has 148 valence electrons. The van der Waals surface area contributed by atoms with E-state index in [1.165, 1.54) is 0 Å². The predicted molar refractivity (Wildman–Crippen MR) is 116 cm³/mol. The van der Waals surface area contributed by atoms with E-state index in [9.17, 15) is 8.42 Å². The van der Waals surface area contributed by atoms with Gasteiger partial charge in [-0.25, -0.2) is 12.7 Å². The van der Waals surface area contributed by atoms with Gasteiger partial charge in [-0.3, -0.25) is 4.99 Å². The molecule has 2 heterocycles. The number of rotatable bonds is 7. The van der Waals surface area contributed by atoms with Crippen molar-refractivity contribution in [2.24, 2.45) is 10.9 Å². The maximum absolute atomic E-state index is 12.4. The molecule has 25 heavy (non-hydrogen) atoms. The maximum atomic E-state index is 12.4. The van der Waals surface area contributed by atoms with Crippen LogP contribution in [0.5, 0.6) is 0 Å². The predicted octanol–water partition coefficient (Wildman–Crippen LogP) is 0.917. The SMILES string of the molecule is CCOCC1CCN(C(=NC)NCCS(=O)(=O)N2CCSCC2)C1.I. The molecule has 0 saturated carbocycles. The first-order valence-corrected chi connectivity index (χ1v) is 11.4. The lowest BCUT2D eigenvalue weighted by Gasteiger charge is -2.26. The molecule has 0 aromatic rings. The summed E-state index contributed by atoms with van der Waals surface area (Å²) in [4.78, 5) is 6.48. The van der Waals surface area contributed by atoms with Crippen LogP contribution in [0, 0.1) is 5.92 Å². The Labute approximate surface area is 173 Å². The van der Waals surface area contributed by atoms with Crippen molar-refractivity contribution in [3.05, 3.63) is 0 Å². The van der Waals surface area contributed by atoms with Crippen LogP contribution in [0.15, 0.2) is 4.99 Å². The first-order chi connectivity index (χ1) is 11.6. The van der Waals surface area contributed by atoms with Crippen LogP contribution in [-0.2, 0) is 14.8 Å². The van der Waals surface area contributed by atoms with Crippen molar-refractivity contribution in [3.63, 3.8) is 0 Å². The molecule has 2 saturated heterocycles. The van der Waals surface area contributed by atoms with E-state index < -0.39 is 10.0 Å². The Hall–Kier alpha value is 0.220. The molecule has 0 amide bonds. The van der Waals surface area contributed by atoms with E-state index in [2.05, 4.69) is 15.2 Å². The van der Waals surface area contributed by atoms with Gasteiger partial charge in [0.05, 0.1) is 12.4 Å². The van der Waals surface area contributed by atoms with Gasteiger partial charge in [0.2, 0.25) is 10.0 Å². The van der Waals surface area contributed by atoms with Crippen LogP contribution in [0.3, 0.4) is 0 Å². The summed E-state index contributed by atoms with van der Waals surface area (Å²) in [6.07, 6.45) is 1.09. The molecule has 0 aromatic carbocycles. The summed E-state index contributed by atoms with van der Waals surface area (Å²) < 4.78 is 31.8. The molecular formula is C15H31IN4O3S2. The quantitative estimate of drug-likeness (QED) is 0.315. The summed E-state index contributed by atoms with van der Waals surface area (Å²) in [5.41, 5.74) is 0. The van der Waals surface area contributed by atoms with Crippen molar-refractivity contribution >= 4 is 51.7 Å². The van der Waals surface area contributed by atoms with E-state index in [0.29, 0.717) is 25.6 Å². The number of ether oxygens (including phenoxy) is 1. The van der Waals surface area contributed by atoms with Gasteiger partial charge in [-0.2, -0.15) is 11.8 Å². The Morgan fingerprint density at radius 3 is 2.68 bits per heavy atom. The van der Waals surface area contributed by atoms with Crippen LogP contribution >= 0.6 is 35.7 Å². The molecule has 2 fully saturated rings. The molecule has 0 bridgehead atoms. The average Bonchev–Trinajstić information content (AvgIpc) is 3.06. The number of nitrogens with one attached hydrogen (secondary N) is 1. The molecule has 0 aromatic heterocycles. The van der Waals surface area contributed by atoms with Gasteiger partial charge in [0, 0.05) is 63.8 Å². The van der Waals surface area contributed by atoms with Crippen LogP contribution in [0.25, 0.3) is 0 Å². The van der Waals surface area contributed by atoms with Gasteiger partial charge < -0.3 is 15.0 Å². The van der Waals surface area contributed by atoms with E-state index >= 15 is 0 Å². The molecule has 1 unspecified atom stereocenters. The molecule has 7 nitrogen and oxygen atoms in total. The highest BCUT2D eigenvalue weighted by Gasteiger charge is 2.26.